The predicted octanol–water partition coefficient (Wildman–Crippen LogP) is 3.88. The number of hydrogen-bond acceptors (Lipinski definition) is 0. The minimum absolute atomic E-state index is 0.116. The van der Waals surface area contributed by atoms with Gasteiger partial charge in [0.1, 0.15) is 5.82 Å². The minimum atomic E-state index is -0.443. The third-order valence-corrected chi connectivity index (χ3v) is 2.35. The maximum atomic E-state index is 13.1. The van der Waals surface area contributed by atoms with Crippen LogP contribution >= 0.6 is 11.6 Å². The number of halogens is 2. The van der Waals surface area contributed by atoms with Crippen molar-refractivity contribution in [2.45, 2.75) is 0 Å². The van der Waals surface area contributed by atoms with Gasteiger partial charge in [-0.2, -0.15) is 0 Å². The standard InChI is InChI=1S/C14H8ClF/c15-13-9-8-12(10-14(13)16)7-6-11-4-2-1-3-5-11/h1-5,8-10H. The molecular formula is C14H8ClF. The Morgan fingerprint density at radius 2 is 1.56 bits per heavy atom. The zero-order valence-electron chi connectivity index (χ0n) is 8.37. The van der Waals surface area contributed by atoms with Gasteiger partial charge in [0.05, 0.1) is 5.02 Å². The van der Waals surface area contributed by atoms with Gasteiger partial charge in [-0.05, 0) is 30.3 Å². The van der Waals surface area contributed by atoms with Crippen molar-refractivity contribution in [3.8, 4) is 11.8 Å². The zero-order chi connectivity index (χ0) is 11.4. The van der Waals surface area contributed by atoms with E-state index in [1.54, 1.807) is 6.07 Å². The highest BCUT2D eigenvalue weighted by molar-refractivity contribution is 6.30. The van der Waals surface area contributed by atoms with E-state index >= 15 is 0 Å². The fourth-order valence-electron chi connectivity index (χ4n) is 1.24. The maximum absolute atomic E-state index is 13.1. The van der Waals surface area contributed by atoms with Crippen molar-refractivity contribution in [3.63, 3.8) is 0 Å². The average Bonchev–Trinajstić information content (AvgIpc) is 2.32. The molecule has 0 heterocycles. The molecule has 2 aromatic carbocycles. The van der Waals surface area contributed by atoms with Gasteiger partial charge < -0.3 is 0 Å². The summed E-state index contributed by atoms with van der Waals surface area (Å²) in [5.41, 5.74) is 1.52. The van der Waals surface area contributed by atoms with Crippen LogP contribution in [0.3, 0.4) is 0 Å². The molecular weight excluding hydrogens is 223 g/mol. The highest BCUT2D eigenvalue weighted by Crippen LogP contribution is 2.14. The third kappa shape index (κ3) is 2.62. The van der Waals surface area contributed by atoms with Crippen molar-refractivity contribution in [3.05, 3.63) is 70.5 Å². The molecule has 2 heteroatoms. The predicted molar refractivity (Wildman–Crippen MR) is 63.8 cm³/mol. The summed E-state index contributed by atoms with van der Waals surface area (Å²) in [5, 5.41) is 0.116. The Labute approximate surface area is 98.7 Å². The van der Waals surface area contributed by atoms with Crippen LogP contribution in [-0.4, -0.2) is 0 Å². The van der Waals surface area contributed by atoms with E-state index in [2.05, 4.69) is 11.8 Å². The van der Waals surface area contributed by atoms with Gasteiger partial charge in [-0.3, -0.25) is 0 Å². The monoisotopic (exact) mass is 230 g/mol. The molecule has 0 amide bonds. The van der Waals surface area contributed by atoms with E-state index in [-0.39, 0.29) is 5.02 Å². The molecule has 0 unspecified atom stereocenters. The summed E-state index contributed by atoms with van der Waals surface area (Å²) in [6.45, 7) is 0. The van der Waals surface area contributed by atoms with E-state index in [1.807, 2.05) is 30.3 Å². The minimum Gasteiger partial charge on any atom is -0.205 e. The van der Waals surface area contributed by atoms with Crippen molar-refractivity contribution in [2.24, 2.45) is 0 Å². The fourth-order valence-corrected chi connectivity index (χ4v) is 1.36. The lowest BCUT2D eigenvalue weighted by molar-refractivity contribution is 0.628. The Bertz CT molecular complexity index is 550. The quantitative estimate of drug-likeness (QED) is 0.603. The molecule has 0 aliphatic heterocycles. The molecule has 0 aliphatic carbocycles. The van der Waals surface area contributed by atoms with E-state index in [1.165, 1.54) is 12.1 Å². The second kappa shape index (κ2) is 4.83. The molecule has 0 saturated carbocycles. The summed E-state index contributed by atoms with van der Waals surface area (Å²) in [4.78, 5) is 0. The summed E-state index contributed by atoms with van der Waals surface area (Å²) in [7, 11) is 0. The normalized spacial score (nSPS) is 9.38. The fraction of sp³-hybridized carbons (Fsp3) is 0. The van der Waals surface area contributed by atoms with Crippen LogP contribution in [0.4, 0.5) is 4.39 Å². The first kappa shape index (κ1) is 10.7. The molecule has 0 aromatic heterocycles. The van der Waals surface area contributed by atoms with Crippen LogP contribution in [0.15, 0.2) is 48.5 Å². The maximum Gasteiger partial charge on any atom is 0.143 e. The number of hydrogen-bond donors (Lipinski definition) is 0. The van der Waals surface area contributed by atoms with Crippen molar-refractivity contribution < 1.29 is 4.39 Å². The van der Waals surface area contributed by atoms with Crippen LogP contribution in [0.2, 0.25) is 5.02 Å². The summed E-state index contributed by atoms with van der Waals surface area (Å²) < 4.78 is 13.1. The Kier molecular flexibility index (Phi) is 3.24. The highest BCUT2D eigenvalue weighted by atomic mass is 35.5. The van der Waals surface area contributed by atoms with Crippen molar-refractivity contribution in [2.75, 3.05) is 0 Å². The lowest BCUT2D eigenvalue weighted by Gasteiger charge is -1.93. The molecule has 0 saturated heterocycles. The van der Waals surface area contributed by atoms with Gasteiger partial charge in [-0.25, -0.2) is 4.39 Å². The van der Waals surface area contributed by atoms with Crippen molar-refractivity contribution in [1.29, 1.82) is 0 Å². The van der Waals surface area contributed by atoms with Gasteiger partial charge in [0.15, 0.2) is 0 Å². The first-order valence-electron chi connectivity index (χ1n) is 4.78. The molecule has 0 atom stereocenters. The van der Waals surface area contributed by atoms with Gasteiger partial charge in [-0.15, -0.1) is 0 Å². The lowest BCUT2D eigenvalue weighted by atomic mass is 10.2. The molecule has 0 N–H and O–H groups in total. The van der Waals surface area contributed by atoms with E-state index < -0.39 is 5.82 Å². The summed E-state index contributed by atoms with van der Waals surface area (Å²) in [6, 6.07) is 14.1. The van der Waals surface area contributed by atoms with Gasteiger partial charge >= 0.3 is 0 Å². The Morgan fingerprint density at radius 3 is 2.25 bits per heavy atom. The van der Waals surface area contributed by atoms with E-state index in [0.29, 0.717) is 5.56 Å². The second-order valence-corrected chi connectivity index (χ2v) is 3.65. The van der Waals surface area contributed by atoms with Crippen molar-refractivity contribution in [1.82, 2.24) is 0 Å². The molecule has 16 heavy (non-hydrogen) atoms. The molecule has 2 aromatic rings. The first-order valence-corrected chi connectivity index (χ1v) is 5.15. The summed E-state index contributed by atoms with van der Waals surface area (Å²) >= 11 is 5.57. The third-order valence-electron chi connectivity index (χ3n) is 2.04. The molecule has 0 radical (unpaired) electrons. The van der Waals surface area contributed by atoms with E-state index in [9.17, 15) is 4.39 Å². The summed E-state index contributed by atoms with van der Waals surface area (Å²) in [6.07, 6.45) is 0. The molecule has 2 rings (SSSR count). The van der Waals surface area contributed by atoms with Crippen LogP contribution in [0.25, 0.3) is 0 Å². The molecule has 78 valence electrons. The largest absolute Gasteiger partial charge is 0.205 e. The van der Waals surface area contributed by atoms with Gasteiger partial charge in [0, 0.05) is 11.1 Å². The Hall–Kier alpha value is -1.78. The second-order valence-electron chi connectivity index (χ2n) is 3.24. The first-order chi connectivity index (χ1) is 7.75. The SMILES string of the molecule is Fc1cc(C#Cc2ccccc2)ccc1Cl. The highest BCUT2D eigenvalue weighted by Gasteiger charge is 1.98. The van der Waals surface area contributed by atoms with Crippen LogP contribution in [-0.2, 0) is 0 Å². The van der Waals surface area contributed by atoms with E-state index in [0.717, 1.165) is 5.56 Å². The van der Waals surface area contributed by atoms with Gasteiger partial charge in [0.25, 0.3) is 0 Å². The lowest BCUT2D eigenvalue weighted by Crippen LogP contribution is -1.80. The number of benzene rings is 2. The van der Waals surface area contributed by atoms with E-state index in [4.69, 9.17) is 11.6 Å². The topological polar surface area (TPSA) is 0 Å². The molecule has 0 nitrogen and oxygen atoms in total. The van der Waals surface area contributed by atoms with Gasteiger partial charge in [-0.1, -0.05) is 41.6 Å². The van der Waals surface area contributed by atoms with Crippen LogP contribution in [0.1, 0.15) is 11.1 Å². The average molecular weight is 231 g/mol. The van der Waals surface area contributed by atoms with Crippen molar-refractivity contribution >= 4 is 11.6 Å². The van der Waals surface area contributed by atoms with Crippen LogP contribution in [0, 0.1) is 17.7 Å². The molecule has 0 fully saturated rings. The van der Waals surface area contributed by atoms with Crippen LogP contribution in [0.5, 0.6) is 0 Å². The molecule has 0 aliphatic rings. The smallest absolute Gasteiger partial charge is 0.143 e. The summed E-state index contributed by atoms with van der Waals surface area (Å²) in [5.74, 6) is 5.39. The Morgan fingerprint density at radius 1 is 0.875 bits per heavy atom. The molecule has 0 bridgehead atoms. The zero-order valence-corrected chi connectivity index (χ0v) is 9.13. The Balaban J connectivity index is 2.28. The van der Waals surface area contributed by atoms with Gasteiger partial charge in [0.2, 0.25) is 0 Å². The number of rotatable bonds is 0. The van der Waals surface area contributed by atoms with Crippen LogP contribution < -0.4 is 0 Å². The molecule has 0 spiro atoms.